The Morgan fingerprint density at radius 2 is 1.80 bits per heavy atom. The molecule has 1 aliphatic rings. The van der Waals surface area contributed by atoms with E-state index in [0.29, 0.717) is 16.3 Å². The van der Waals surface area contributed by atoms with Crippen molar-refractivity contribution in [3.8, 4) is 0 Å². The van der Waals surface area contributed by atoms with Crippen LogP contribution in [0.2, 0.25) is 5.02 Å². The van der Waals surface area contributed by atoms with Crippen LogP contribution in [0.1, 0.15) is 18.9 Å². The van der Waals surface area contributed by atoms with Gasteiger partial charge < -0.3 is 5.32 Å². The molecule has 1 unspecified atom stereocenters. The Morgan fingerprint density at radius 3 is 2.40 bits per heavy atom. The van der Waals surface area contributed by atoms with Gasteiger partial charge in [-0.05, 0) is 60.2 Å². The van der Waals surface area contributed by atoms with Gasteiger partial charge >= 0.3 is 0 Å². The van der Waals surface area contributed by atoms with Crippen LogP contribution in [-0.2, 0) is 31.0 Å². The standard InChI is InChI=1S/C24H21ClN4O5S/c1-16(30)27-19-6-8-20(9-7-19)29-23(31)13-22(24(29)32)28(15-17-3-2-12-26-14-17)35(33,34)21-10-4-18(25)5-11-21/h2-12,14,22H,13,15H2,1H3,(H,27,30). The number of sulfonamides is 1. The molecule has 1 N–H and O–H groups in total. The zero-order chi connectivity index (χ0) is 25.2. The van der Waals surface area contributed by atoms with Crippen LogP contribution >= 0.6 is 11.6 Å². The van der Waals surface area contributed by atoms with Gasteiger partial charge in [0, 0.05) is 36.6 Å². The molecule has 2 heterocycles. The summed E-state index contributed by atoms with van der Waals surface area (Å²) < 4.78 is 28.3. The van der Waals surface area contributed by atoms with Gasteiger partial charge in [-0.3, -0.25) is 19.4 Å². The van der Waals surface area contributed by atoms with Gasteiger partial charge in [-0.25, -0.2) is 13.3 Å². The fourth-order valence-electron chi connectivity index (χ4n) is 3.79. The van der Waals surface area contributed by atoms with E-state index in [1.807, 2.05) is 0 Å². The monoisotopic (exact) mass is 512 g/mol. The van der Waals surface area contributed by atoms with E-state index in [2.05, 4.69) is 10.3 Å². The molecule has 1 fully saturated rings. The number of hydrogen-bond acceptors (Lipinski definition) is 6. The zero-order valence-electron chi connectivity index (χ0n) is 18.6. The largest absolute Gasteiger partial charge is 0.326 e. The fraction of sp³-hybridized carbons (Fsp3) is 0.167. The summed E-state index contributed by atoms with van der Waals surface area (Å²) in [5.41, 5.74) is 1.34. The summed E-state index contributed by atoms with van der Waals surface area (Å²) in [5.74, 6) is -1.46. The Labute approximate surface area is 207 Å². The predicted molar refractivity (Wildman–Crippen MR) is 130 cm³/mol. The van der Waals surface area contributed by atoms with Gasteiger partial charge in [-0.2, -0.15) is 4.31 Å². The average molecular weight is 513 g/mol. The predicted octanol–water partition coefficient (Wildman–Crippen LogP) is 3.22. The van der Waals surface area contributed by atoms with Crippen LogP contribution in [0.4, 0.5) is 11.4 Å². The van der Waals surface area contributed by atoms with Gasteiger partial charge in [0.15, 0.2) is 0 Å². The Hall–Kier alpha value is -3.60. The smallest absolute Gasteiger partial charge is 0.252 e. The molecular weight excluding hydrogens is 492 g/mol. The first-order valence-electron chi connectivity index (χ1n) is 10.6. The Bertz CT molecular complexity index is 1360. The number of rotatable bonds is 7. The molecule has 0 saturated carbocycles. The molecule has 0 aliphatic carbocycles. The molecule has 180 valence electrons. The number of carbonyl (C=O) groups excluding carboxylic acids is 3. The molecule has 4 rings (SSSR count). The van der Waals surface area contributed by atoms with Crippen molar-refractivity contribution in [3.63, 3.8) is 0 Å². The number of halogens is 1. The minimum absolute atomic E-state index is 0.0517. The van der Waals surface area contributed by atoms with Crippen molar-refractivity contribution in [1.29, 1.82) is 0 Å². The van der Waals surface area contributed by atoms with E-state index in [4.69, 9.17) is 11.6 Å². The maximum absolute atomic E-state index is 13.6. The van der Waals surface area contributed by atoms with Crippen LogP contribution in [0.5, 0.6) is 0 Å². The van der Waals surface area contributed by atoms with Crippen molar-refractivity contribution in [2.45, 2.75) is 30.8 Å². The number of anilines is 2. The highest BCUT2D eigenvalue weighted by Gasteiger charge is 2.47. The highest BCUT2D eigenvalue weighted by atomic mass is 35.5. The van der Waals surface area contributed by atoms with Crippen LogP contribution in [0.3, 0.4) is 0 Å². The van der Waals surface area contributed by atoms with Gasteiger partial charge in [0.05, 0.1) is 17.0 Å². The van der Waals surface area contributed by atoms with Gasteiger partial charge in [-0.15, -0.1) is 0 Å². The molecule has 2 aromatic carbocycles. The van der Waals surface area contributed by atoms with E-state index < -0.39 is 27.9 Å². The van der Waals surface area contributed by atoms with E-state index in [9.17, 15) is 22.8 Å². The lowest BCUT2D eigenvalue weighted by Crippen LogP contribution is -2.45. The maximum Gasteiger partial charge on any atom is 0.252 e. The van der Waals surface area contributed by atoms with Crippen LogP contribution in [-0.4, -0.2) is 41.5 Å². The quantitative estimate of drug-likeness (QED) is 0.486. The summed E-state index contributed by atoms with van der Waals surface area (Å²) in [7, 11) is -4.18. The Balaban J connectivity index is 1.69. The second kappa shape index (κ2) is 9.95. The third kappa shape index (κ3) is 5.24. The second-order valence-electron chi connectivity index (χ2n) is 7.88. The number of nitrogens with one attached hydrogen (secondary N) is 1. The number of pyridine rings is 1. The molecule has 1 aromatic heterocycles. The van der Waals surface area contributed by atoms with Crippen LogP contribution < -0.4 is 10.2 Å². The molecule has 9 nitrogen and oxygen atoms in total. The molecule has 1 aliphatic heterocycles. The summed E-state index contributed by atoms with van der Waals surface area (Å²) >= 11 is 5.92. The van der Waals surface area contributed by atoms with Crippen molar-refractivity contribution >= 4 is 50.7 Å². The van der Waals surface area contributed by atoms with E-state index in [1.54, 1.807) is 30.5 Å². The van der Waals surface area contributed by atoms with Crippen molar-refractivity contribution in [1.82, 2.24) is 9.29 Å². The fourth-order valence-corrected chi connectivity index (χ4v) is 5.48. The number of benzene rings is 2. The zero-order valence-corrected chi connectivity index (χ0v) is 20.2. The van der Waals surface area contributed by atoms with Gasteiger partial charge in [0.2, 0.25) is 21.8 Å². The summed E-state index contributed by atoms with van der Waals surface area (Å²) in [6, 6.07) is 13.8. The molecule has 0 radical (unpaired) electrons. The van der Waals surface area contributed by atoms with Crippen molar-refractivity contribution in [2.75, 3.05) is 10.2 Å². The summed E-state index contributed by atoms with van der Waals surface area (Å²) in [4.78, 5) is 42.5. The molecule has 35 heavy (non-hydrogen) atoms. The number of hydrogen-bond donors (Lipinski definition) is 1. The SMILES string of the molecule is CC(=O)Nc1ccc(N2C(=O)CC(N(Cc3cccnc3)S(=O)(=O)c3ccc(Cl)cc3)C2=O)cc1. The van der Waals surface area contributed by atoms with E-state index in [0.717, 1.165) is 9.21 Å². The average Bonchev–Trinajstić information content (AvgIpc) is 3.12. The third-order valence-electron chi connectivity index (χ3n) is 5.40. The molecule has 11 heteroatoms. The van der Waals surface area contributed by atoms with Crippen LogP contribution in [0, 0.1) is 0 Å². The Kier molecular flexibility index (Phi) is 6.97. The second-order valence-corrected chi connectivity index (χ2v) is 10.2. The molecule has 3 amide bonds. The number of carbonyl (C=O) groups is 3. The topological polar surface area (TPSA) is 117 Å². The van der Waals surface area contributed by atoms with E-state index in [-0.39, 0.29) is 29.5 Å². The number of imide groups is 1. The van der Waals surface area contributed by atoms with Gasteiger partial charge in [0.25, 0.3) is 5.91 Å². The molecular formula is C24H21ClN4O5S. The van der Waals surface area contributed by atoms with Crippen molar-refractivity contribution in [2.24, 2.45) is 0 Å². The van der Waals surface area contributed by atoms with Crippen molar-refractivity contribution < 1.29 is 22.8 Å². The summed E-state index contributed by atoms with van der Waals surface area (Å²) in [5, 5.41) is 2.98. The minimum Gasteiger partial charge on any atom is -0.326 e. The number of aromatic nitrogens is 1. The summed E-state index contributed by atoms with van der Waals surface area (Å²) in [6.45, 7) is 1.21. The first kappa shape index (κ1) is 24.5. The highest BCUT2D eigenvalue weighted by molar-refractivity contribution is 7.89. The van der Waals surface area contributed by atoms with E-state index >= 15 is 0 Å². The van der Waals surface area contributed by atoms with Crippen LogP contribution in [0.25, 0.3) is 0 Å². The molecule has 3 aromatic rings. The lowest BCUT2D eigenvalue weighted by atomic mass is 10.2. The minimum atomic E-state index is -4.18. The lowest BCUT2D eigenvalue weighted by Gasteiger charge is -2.27. The van der Waals surface area contributed by atoms with Gasteiger partial charge in [0.1, 0.15) is 6.04 Å². The third-order valence-corrected chi connectivity index (χ3v) is 7.52. The lowest BCUT2D eigenvalue weighted by molar-refractivity contribution is -0.122. The summed E-state index contributed by atoms with van der Waals surface area (Å²) in [6.07, 6.45) is 2.74. The first-order chi connectivity index (χ1) is 16.7. The first-order valence-corrected chi connectivity index (χ1v) is 12.4. The number of amides is 3. The number of nitrogens with zero attached hydrogens (tertiary/aromatic N) is 3. The molecule has 0 spiro atoms. The normalized spacial score (nSPS) is 16.1. The molecule has 0 bridgehead atoms. The van der Waals surface area contributed by atoms with Crippen molar-refractivity contribution in [3.05, 3.63) is 83.6 Å². The Morgan fingerprint density at radius 1 is 1.11 bits per heavy atom. The van der Waals surface area contributed by atoms with Gasteiger partial charge in [-0.1, -0.05) is 17.7 Å². The maximum atomic E-state index is 13.6. The van der Waals surface area contributed by atoms with E-state index in [1.165, 1.54) is 49.5 Å². The molecule has 1 atom stereocenters. The van der Waals surface area contributed by atoms with Crippen LogP contribution in [0.15, 0.2) is 78.0 Å². The highest BCUT2D eigenvalue weighted by Crippen LogP contribution is 2.31. The molecule has 1 saturated heterocycles.